The number of alkyl halides is 3. The Morgan fingerprint density at radius 3 is 2.36 bits per heavy atom. The van der Waals surface area contributed by atoms with Gasteiger partial charge in [-0.15, -0.1) is 0 Å². The third kappa shape index (κ3) is 4.35. The highest BCUT2D eigenvalue weighted by Gasteiger charge is 2.29. The normalized spacial score (nSPS) is 11.3. The number of hydrogen-bond donors (Lipinski definition) is 1. The summed E-state index contributed by atoms with van der Waals surface area (Å²) >= 11 is 0. The van der Waals surface area contributed by atoms with E-state index in [1.165, 1.54) is 12.1 Å². The first kappa shape index (κ1) is 16.1. The van der Waals surface area contributed by atoms with Gasteiger partial charge in [-0.3, -0.25) is 4.79 Å². The van der Waals surface area contributed by atoms with Crippen LogP contribution in [-0.2, 0) is 12.6 Å². The fourth-order valence-corrected chi connectivity index (χ4v) is 2.07. The predicted octanol–water partition coefficient (Wildman–Crippen LogP) is 3.99. The van der Waals surface area contributed by atoms with Crippen LogP contribution in [0.4, 0.5) is 13.2 Å². The van der Waals surface area contributed by atoms with Crippen molar-refractivity contribution in [1.82, 2.24) is 5.32 Å². The third-order valence-electron chi connectivity index (χ3n) is 3.26. The van der Waals surface area contributed by atoms with Crippen molar-refractivity contribution in [3.8, 4) is 0 Å². The Balaban J connectivity index is 1.87. The number of amides is 1. The number of aryl methyl sites for hydroxylation is 1. The van der Waals surface area contributed by atoms with Crippen LogP contribution in [0.5, 0.6) is 0 Å². The van der Waals surface area contributed by atoms with Crippen LogP contribution in [0.15, 0.2) is 48.5 Å². The van der Waals surface area contributed by atoms with Gasteiger partial charge in [0.2, 0.25) is 0 Å². The first-order valence-corrected chi connectivity index (χ1v) is 6.87. The summed E-state index contributed by atoms with van der Waals surface area (Å²) in [4.78, 5) is 11.9. The smallest absolute Gasteiger partial charge is 0.352 e. The van der Waals surface area contributed by atoms with Gasteiger partial charge in [0.15, 0.2) is 0 Å². The monoisotopic (exact) mass is 307 g/mol. The summed E-state index contributed by atoms with van der Waals surface area (Å²) in [5.41, 5.74) is 1.65. The molecule has 0 radical (unpaired) electrons. The molecule has 22 heavy (non-hydrogen) atoms. The summed E-state index contributed by atoms with van der Waals surface area (Å²) in [6.45, 7) is 2.27. The Bertz CT molecular complexity index is 648. The average Bonchev–Trinajstić information content (AvgIpc) is 2.47. The topological polar surface area (TPSA) is 29.1 Å². The third-order valence-corrected chi connectivity index (χ3v) is 3.26. The number of carbonyl (C=O) groups excluding carboxylic acids is 1. The molecule has 0 aliphatic heterocycles. The standard InChI is InChI=1S/C17H16F3NO/c1-12-3-2-4-14(11-12)16(22)21-10-9-13-5-7-15(8-6-13)17(18,19)20/h2-8,11H,9-10H2,1H3,(H,21,22). The molecule has 5 heteroatoms. The van der Waals surface area contributed by atoms with E-state index in [0.29, 0.717) is 18.5 Å². The number of hydrogen-bond acceptors (Lipinski definition) is 1. The number of nitrogens with one attached hydrogen (secondary N) is 1. The minimum absolute atomic E-state index is 0.185. The van der Waals surface area contributed by atoms with Crippen molar-refractivity contribution < 1.29 is 18.0 Å². The molecule has 1 amide bonds. The van der Waals surface area contributed by atoms with Crippen LogP contribution < -0.4 is 5.32 Å². The van der Waals surface area contributed by atoms with Crippen LogP contribution in [0, 0.1) is 6.92 Å². The lowest BCUT2D eigenvalue weighted by molar-refractivity contribution is -0.137. The van der Waals surface area contributed by atoms with E-state index in [1.807, 2.05) is 13.0 Å². The molecule has 0 spiro atoms. The van der Waals surface area contributed by atoms with Gasteiger partial charge in [-0.05, 0) is 43.2 Å². The Morgan fingerprint density at radius 2 is 1.77 bits per heavy atom. The van der Waals surface area contributed by atoms with E-state index in [1.54, 1.807) is 18.2 Å². The molecule has 0 saturated heterocycles. The van der Waals surface area contributed by atoms with Crippen molar-refractivity contribution in [2.45, 2.75) is 19.5 Å². The van der Waals surface area contributed by atoms with E-state index < -0.39 is 11.7 Å². The maximum atomic E-state index is 12.4. The Morgan fingerprint density at radius 1 is 1.09 bits per heavy atom. The van der Waals surface area contributed by atoms with E-state index in [2.05, 4.69) is 5.32 Å². The summed E-state index contributed by atoms with van der Waals surface area (Å²) in [5, 5.41) is 2.76. The lowest BCUT2D eigenvalue weighted by Gasteiger charge is -2.08. The zero-order chi connectivity index (χ0) is 16.2. The summed E-state index contributed by atoms with van der Waals surface area (Å²) < 4.78 is 37.3. The molecular weight excluding hydrogens is 291 g/mol. The molecule has 2 rings (SSSR count). The van der Waals surface area contributed by atoms with Crippen LogP contribution in [0.1, 0.15) is 27.0 Å². The molecule has 0 heterocycles. The Labute approximate surface area is 127 Å². The van der Waals surface area contributed by atoms with Crippen molar-refractivity contribution in [2.24, 2.45) is 0 Å². The van der Waals surface area contributed by atoms with E-state index in [9.17, 15) is 18.0 Å². The van der Waals surface area contributed by atoms with Crippen molar-refractivity contribution in [3.05, 3.63) is 70.8 Å². The van der Waals surface area contributed by atoms with E-state index in [4.69, 9.17) is 0 Å². The van der Waals surface area contributed by atoms with E-state index >= 15 is 0 Å². The zero-order valence-corrected chi connectivity index (χ0v) is 12.1. The quantitative estimate of drug-likeness (QED) is 0.909. The Kier molecular flexibility index (Phi) is 4.85. The molecule has 0 aliphatic carbocycles. The minimum atomic E-state index is -4.32. The van der Waals surface area contributed by atoms with Crippen molar-refractivity contribution in [1.29, 1.82) is 0 Å². The van der Waals surface area contributed by atoms with Gasteiger partial charge in [-0.2, -0.15) is 13.2 Å². The lowest BCUT2D eigenvalue weighted by Crippen LogP contribution is -2.25. The molecule has 0 saturated carbocycles. The van der Waals surface area contributed by atoms with Crippen molar-refractivity contribution >= 4 is 5.91 Å². The SMILES string of the molecule is Cc1cccc(C(=O)NCCc2ccc(C(F)(F)F)cc2)c1. The highest BCUT2D eigenvalue weighted by molar-refractivity contribution is 5.94. The molecule has 2 aromatic rings. The van der Waals surface area contributed by atoms with Crippen LogP contribution in [-0.4, -0.2) is 12.5 Å². The van der Waals surface area contributed by atoms with Gasteiger partial charge in [-0.25, -0.2) is 0 Å². The molecule has 0 unspecified atom stereocenters. The maximum absolute atomic E-state index is 12.4. The van der Waals surface area contributed by atoms with Gasteiger partial charge in [-0.1, -0.05) is 29.8 Å². The molecule has 0 atom stereocenters. The fraction of sp³-hybridized carbons (Fsp3) is 0.235. The molecule has 0 bridgehead atoms. The lowest BCUT2D eigenvalue weighted by atomic mass is 10.1. The molecule has 2 nitrogen and oxygen atoms in total. The molecule has 0 aliphatic rings. The second-order valence-electron chi connectivity index (χ2n) is 5.07. The fourth-order valence-electron chi connectivity index (χ4n) is 2.07. The molecule has 0 aromatic heterocycles. The van der Waals surface area contributed by atoms with E-state index in [-0.39, 0.29) is 5.91 Å². The van der Waals surface area contributed by atoms with E-state index in [0.717, 1.165) is 23.3 Å². The van der Waals surface area contributed by atoms with Gasteiger partial charge in [0.25, 0.3) is 5.91 Å². The van der Waals surface area contributed by atoms with Gasteiger partial charge in [0.1, 0.15) is 0 Å². The molecule has 116 valence electrons. The highest BCUT2D eigenvalue weighted by atomic mass is 19.4. The number of benzene rings is 2. The largest absolute Gasteiger partial charge is 0.416 e. The Hall–Kier alpha value is -2.30. The van der Waals surface area contributed by atoms with Crippen molar-refractivity contribution in [3.63, 3.8) is 0 Å². The van der Waals surface area contributed by atoms with Crippen molar-refractivity contribution in [2.75, 3.05) is 6.54 Å². The first-order chi connectivity index (χ1) is 10.4. The summed E-state index contributed by atoms with van der Waals surface area (Å²) in [6, 6.07) is 12.2. The average molecular weight is 307 g/mol. The second-order valence-corrected chi connectivity index (χ2v) is 5.07. The zero-order valence-electron chi connectivity index (χ0n) is 12.1. The molecular formula is C17H16F3NO. The molecule has 0 fully saturated rings. The van der Waals surface area contributed by atoms with Crippen LogP contribution in [0.25, 0.3) is 0 Å². The number of rotatable bonds is 4. The van der Waals surface area contributed by atoms with Crippen LogP contribution in [0.2, 0.25) is 0 Å². The van der Waals surface area contributed by atoms with Crippen LogP contribution in [0.3, 0.4) is 0 Å². The molecule has 2 aromatic carbocycles. The molecule has 1 N–H and O–H groups in total. The summed E-state index contributed by atoms with van der Waals surface area (Å²) in [6.07, 6.45) is -3.84. The van der Waals surface area contributed by atoms with Gasteiger partial charge < -0.3 is 5.32 Å². The predicted molar refractivity (Wildman–Crippen MR) is 78.7 cm³/mol. The van der Waals surface area contributed by atoms with Gasteiger partial charge in [0, 0.05) is 12.1 Å². The summed E-state index contributed by atoms with van der Waals surface area (Å²) in [5.74, 6) is -0.185. The minimum Gasteiger partial charge on any atom is -0.352 e. The van der Waals surface area contributed by atoms with Gasteiger partial charge in [0.05, 0.1) is 5.56 Å². The number of carbonyl (C=O) groups is 1. The maximum Gasteiger partial charge on any atom is 0.416 e. The van der Waals surface area contributed by atoms with Gasteiger partial charge >= 0.3 is 6.18 Å². The van der Waals surface area contributed by atoms with Crippen LogP contribution >= 0.6 is 0 Å². The second kappa shape index (κ2) is 6.64. The summed E-state index contributed by atoms with van der Waals surface area (Å²) in [7, 11) is 0. The number of halogens is 3. The first-order valence-electron chi connectivity index (χ1n) is 6.87. The highest BCUT2D eigenvalue weighted by Crippen LogP contribution is 2.29.